The Labute approximate surface area is 98.4 Å². The van der Waals surface area contributed by atoms with Crippen molar-refractivity contribution in [3.63, 3.8) is 0 Å². The van der Waals surface area contributed by atoms with Crippen LogP contribution >= 0.6 is 34.0 Å². The molecule has 0 saturated heterocycles. The van der Waals surface area contributed by atoms with Crippen LogP contribution in [0, 0.1) is 0 Å². The third-order valence-electron chi connectivity index (χ3n) is 2.65. The molecule has 0 radical (unpaired) electrons. The van der Waals surface area contributed by atoms with Crippen molar-refractivity contribution in [2.75, 3.05) is 0 Å². The highest BCUT2D eigenvalue weighted by molar-refractivity contribution is 7.32. The van der Waals surface area contributed by atoms with E-state index in [0.717, 1.165) is 0 Å². The van der Waals surface area contributed by atoms with Crippen LogP contribution in [0.15, 0.2) is 35.0 Å². The van der Waals surface area contributed by atoms with Gasteiger partial charge >= 0.3 is 0 Å². The van der Waals surface area contributed by atoms with Crippen LogP contribution in [0.2, 0.25) is 0 Å². The zero-order valence-electron chi connectivity index (χ0n) is 7.69. The lowest BCUT2D eigenvalue weighted by atomic mass is 10.2. The van der Waals surface area contributed by atoms with E-state index in [9.17, 15) is 0 Å². The zero-order chi connectivity index (χ0) is 9.83. The second-order valence-electron chi connectivity index (χ2n) is 3.52. The molecule has 0 atom stereocenters. The third kappa shape index (κ3) is 1.06. The van der Waals surface area contributed by atoms with E-state index in [4.69, 9.17) is 0 Å². The van der Waals surface area contributed by atoms with Gasteiger partial charge in [0, 0.05) is 19.5 Å². The first-order valence-corrected chi connectivity index (χ1v) is 7.26. The van der Waals surface area contributed by atoms with Crippen molar-refractivity contribution in [2.24, 2.45) is 0 Å². The number of hydrogen-bond acceptors (Lipinski definition) is 3. The molecule has 4 aromatic rings. The second-order valence-corrected chi connectivity index (χ2v) is 6.47. The van der Waals surface area contributed by atoms with E-state index in [2.05, 4.69) is 35.0 Å². The Morgan fingerprint density at radius 2 is 1.73 bits per heavy atom. The SMILES string of the molecule is c1cc2cc3c(cc2s1)sc1ccsc13. The monoisotopic (exact) mass is 246 g/mol. The summed E-state index contributed by atoms with van der Waals surface area (Å²) in [7, 11) is 0. The van der Waals surface area contributed by atoms with Gasteiger partial charge in [0.05, 0.1) is 4.70 Å². The molecule has 3 aromatic heterocycles. The lowest BCUT2D eigenvalue weighted by Gasteiger charge is -1.90. The first kappa shape index (κ1) is 8.28. The maximum Gasteiger partial charge on any atom is 0.0529 e. The largest absolute Gasteiger partial charge is 0.144 e. The molecule has 0 amide bonds. The minimum absolute atomic E-state index is 1.38. The van der Waals surface area contributed by atoms with Crippen molar-refractivity contribution < 1.29 is 0 Å². The molecule has 72 valence electrons. The Kier molecular flexibility index (Phi) is 1.55. The Hall–Kier alpha value is -0.900. The van der Waals surface area contributed by atoms with Gasteiger partial charge in [-0.25, -0.2) is 0 Å². The Balaban J connectivity index is 2.35. The first-order chi connectivity index (χ1) is 7.42. The molecule has 0 bridgehead atoms. The Morgan fingerprint density at radius 1 is 0.800 bits per heavy atom. The summed E-state index contributed by atoms with van der Waals surface area (Å²) in [4.78, 5) is 0. The third-order valence-corrected chi connectivity index (χ3v) is 5.72. The molecule has 0 aliphatic rings. The number of benzene rings is 1. The van der Waals surface area contributed by atoms with Gasteiger partial charge in [-0.2, -0.15) is 0 Å². The van der Waals surface area contributed by atoms with E-state index in [1.807, 2.05) is 34.0 Å². The molecule has 0 N–H and O–H groups in total. The summed E-state index contributed by atoms with van der Waals surface area (Å²) >= 11 is 5.58. The molecule has 0 spiro atoms. The van der Waals surface area contributed by atoms with Gasteiger partial charge in [-0.05, 0) is 40.4 Å². The molecular weight excluding hydrogens is 240 g/mol. The van der Waals surface area contributed by atoms with Gasteiger partial charge < -0.3 is 0 Å². The minimum Gasteiger partial charge on any atom is -0.144 e. The van der Waals surface area contributed by atoms with E-state index in [1.54, 1.807) is 0 Å². The molecule has 0 unspecified atom stereocenters. The topological polar surface area (TPSA) is 0 Å². The average Bonchev–Trinajstić information content (AvgIpc) is 2.86. The van der Waals surface area contributed by atoms with E-state index in [1.165, 1.54) is 29.6 Å². The molecule has 3 heterocycles. The van der Waals surface area contributed by atoms with Crippen molar-refractivity contribution in [3.8, 4) is 0 Å². The molecular formula is C12H6S3. The second kappa shape index (κ2) is 2.82. The molecule has 0 nitrogen and oxygen atoms in total. The van der Waals surface area contributed by atoms with Crippen LogP contribution in [0.4, 0.5) is 0 Å². The molecule has 0 saturated carbocycles. The fourth-order valence-corrected chi connectivity index (χ4v) is 5.09. The normalized spacial score (nSPS) is 12.0. The standard InChI is InChI=1S/C12H6S3/c1-3-13-10-6-11-8(5-7(1)10)12-9(15-11)2-4-14-12/h1-6H. The summed E-state index contributed by atoms with van der Waals surface area (Å²) in [5, 5.41) is 7.15. The molecule has 15 heavy (non-hydrogen) atoms. The minimum atomic E-state index is 1.38. The lowest BCUT2D eigenvalue weighted by Crippen LogP contribution is -1.63. The molecule has 4 rings (SSSR count). The van der Waals surface area contributed by atoms with Crippen LogP contribution in [0.1, 0.15) is 0 Å². The number of fused-ring (bicyclic) bond motifs is 4. The number of thiophene rings is 3. The van der Waals surface area contributed by atoms with Crippen molar-refractivity contribution in [2.45, 2.75) is 0 Å². The van der Waals surface area contributed by atoms with Gasteiger partial charge in [0.1, 0.15) is 0 Å². The van der Waals surface area contributed by atoms with Crippen LogP contribution in [-0.2, 0) is 0 Å². The highest BCUT2D eigenvalue weighted by Gasteiger charge is 2.07. The molecule has 0 aliphatic heterocycles. The van der Waals surface area contributed by atoms with Crippen LogP contribution in [0.5, 0.6) is 0 Å². The highest BCUT2D eigenvalue weighted by Crippen LogP contribution is 2.40. The molecule has 1 aromatic carbocycles. The predicted octanol–water partition coefficient (Wildman–Crippen LogP) is 5.33. The maximum atomic E-state index is 2.33. The fraction of sp³-hybridized carbons (Fsp3) is 0. The van der Waals surface area contributed by atoms with Crippen LogP contribution in [0.3, 0.4) is 0 Å². The van der Waals surface area contributed by atoms with E-state index < -0.39 is 0 Å². The van der Waals surface area contributed by atoms with Gasteiger partial charge in [-0.3, -0.25) is 0 Å². The predicted molar refractivity (Wildman–Crippen MR) is 72.6 cm³/mol. The Bertz CT molecular complexity index is 764. The summed E-state index contributed by atoms with van der Waals surface area (Å²) in [6.45, 7) is 0. The fourth-order valence-electron chi connectivity index (χ4n) is 1.95. The summed E-state index contributed by atoms with van der Waals surface area (Å²) in [6, 6.07) is 9.08. The quantitative estimate of drug-likeness (QED) is 0.393. The highest BCUT2D eigenvalue weighted by atomic mass is 32.1. The van der Waals surface area contributed by atoms with Gasteiger partial charge in [0.2, 0.25) is 0 Å². The number of rotatable bonds is 0. The summed E-state index contributed by atoms with van der Waals surface area (Å²) in [6.07, 6.45) is 0. The van der Waals surface area contributed by atoms with Gasteiger partial charge in [-0.1, -0.05) is 0 Å². The van der Waals surface area contributed by atoms with Gasteiger partial charge in [0.25, 0.3) is 0 Å². The smallest absolute Gasteiger partial charge is 0.0529 e. The molecule has 0 fully saturated rings. The van der Waals surface area contributed by atoms with E-state index in [-0.39, 0.29) is 0 Å². The van der Waals surface area contributed by atoms with Crippen molar-refractivity contribution in [3.05, 3.63) is 35.0 Å². The van der Waals surface area contributed by atoms with Gasteiger partial charge in [0.15, 0.2) is 0 Å². The van der Waals surface area contributed by atoms with E-state index in [0.29, 0.717) is 0 Å². The molecule has 0 aliphatic carbocycles. The summed E-state index contributed by atoms with van der Waals surface area (Å²) in [5.74, 6) is 0. The first-order valence-electron chi connectivity index (χ1n) is 4.69. The van der Waals surface area contributed by atoms with Crippen LogP contribution in [0.25, 0.3) is 29.6 Å². The average molecular weight is 246 g/mol. The number of hydrogen-bond donors (Lipinski definition) is 0. The zero-order valence-corrected chi connectivity index (χ0v) is 10.1. The Morgan fingerprint density at radius 3 is 2.73 bits per heavy atom. The molecule has 3 heteroatoms. The maximum absolute atomic E-state index is 2.33. The van der Waals surface area contributed by atoms with Crippen molar-refractivity contribution in [1.82, 2.24) is 0 Å². The van der Waals surface area contributed by atoms with E-state index >= 15 is 0 Å². The lowest BCUT2D eigenvalue weighted by molar-refractivity contribution is 2.07. The van der Waals surface area contributed by atoms with Crippen molar-refractivity contribution >= 4 is 63.6 Å². The summed E-state index contributed by atoms with van der Waals surface area (Å²) < 4.78 is 5.69. The summed E-state index contributed by atoms with van der Waals surface area (Å²) in [5.41, 5.74) is 0. The van der Waals surface area contributed by atoms with Crippen LogP contribution < -0.4 is 0 Å². The van der Waals surface area contributed by atoms with Crippen LogP contribution in [-0.4, -0.2) is 0 Å². The van der Waals surface area contributed by atoms with Crippen molar-refractivity contribution in [1.29, 1.82) is 0 Å². The van der Waals surface area contributed by atoms with Gasteiger partial charge in [-0.15, -0.1) is 34.0 Å².